The summed E-state index contributed by atoms with van der Waals surface area (Å²) in [5.41, 5.74) is 6.48. The third kappa shape index (κ3) is 3.03. The van der Waals surface area contributed by atoms with Crippen LogP contribution in [0.2, 0.25) is 0 Å². The molecule has 0 aliphatic heterocycles. The molecule has 0 aromatic heterocycles. The van der Waals surface area contributed by atoms with Crippen molar-refractivity contribution in [3.05, 3.63) is 29.6 Å². The Kier molecular flexibility index (Phi) is 3.25. The molecule has 0 aliphatic rings. The number of phenolic OH excluding ortho intramolecular Hbond substituents is 1. The van der Waals surface area contributed by atoms with Crippen molar-refractivity contribution in [2.24, 2.45) is 5.73 Å². The Morgan fingerprint density at radius 2 is 2.23 bits per heavy atom. The number of phenols is 1. The zero-order valence-electron chi connectivity index (χ0n) is 7.63. The van der Waals surface area contributed by atoms with Gasteiger partial charge in [0.2, 0.25) is 0 Å². The summed E-state index contributed by atoms with van der Waals surface area (Å²) >= 11 is 0. The molecule has 3 N–H and O–H groups in total. The molecule has 1 rings (SSSR count). The number of aryl methyl sites for hydroxylation is 1. The van der Waals surface area contributed by atoms with Gasteiger partial charge in [-0.05, 0) is 37.5 Å². The molecule has 0 saturated heterocycles. The Hall–Kier alpha value is -1.09. The highest BCUT2D eigenvalue weighted by atomic mass is 19.1. The monoisotopic (exact) mass is 183 g/mol. The van der Waals surface area contributed by atoms with Crippen LogP contribution in [-0.4, -0.2) is 11.1 Å². The van der Waals surface area contributed by atoms with E-state index in [4.69, 9.17) is 10.8 Å². The van der Waals surface area contributed by atoms with Crippen LogP contribution in [0.4, 0.5) is 4.39 Å². The van der Waals surface area contributed by atoms with Crippen LogP contribution in [0, 0.1) is 5.82 Å². The van der Waals surface area contributed by atoms with Crippen LogP contribution in [0.3, 0.4) is 0 Å². The van der Waals surface area contributed by atoms with Crippen molar-refractivity contribution in [3.8, 4) is 5.75 Å². The van der Waals surface area contributed by atoms with Gasteiger partial charge in [0.15, 0.2) is 11.6 Å². The molecule has 0 bridgehead atoms. The van der Waals surface area contributed by atoms with Gasteiger partial charge in [0.05, 0.1) is 0 Å². The summed E-state index contributed by atoms with van der Waals surface area (Å²) in [5.74, 6) is -0.869. The average molecular weight is 183 g/mol. The molecule has 0 unspecified atom stereocenters. The Bertz CT molecular complexity index is 286. The second kappa shape index (κ2) is 4.23. The summed E-state index contributed by atoms with van der Waals surface area (Å²) in [6, 6.07) is 4.51. The Morgan fingerprint density at radius 3 is 2.77 bits per heavy atom. The normalized spacial score (nSPS) is 12.8. The van der Waals surface area contributed by atoms with Crippen molar-refractivity contribution < 1.29 is 9.50 Å². The molecule has 1 aromatic carbocycles. The van der Waals surface area contributed by atoms with Gasteiger partial charge in [0.1, 0.15) is 0 Å². The summed E-state index contributed by atoms with van der Waals surface area (Å²) in [5, 5.41) is 9.06. The molecule has 0 saturated carbocycles. The van der Waals surface area contributed by atoms with Gasteiger partial charge in [-0.15, -0.1) is 0 Å². The predicted molar refractivity (Wildman–Crippen MR) is 50.0 cm³/mol. The van der Waals surface area contributed by atoms with E-state index >= 15 is 0 Å². The van der Waals surface area contributed by atoms with Gasteiger partial charge in [-0.25, -0.2) is 4.39 Å². The molecule has 0 spiro atoms. The fraction of sp³-hybridized carbons (Fsp3) is 0.400. The smallest absolute Gasteiger partial charge is 0.164 e. The molecular formula is C10H14FNO. The minimum atomic E-state index is -0.579. The quantitative estimate of drug-likeness (QED) is 0.750. The van der Waals surface area contributed by atoms with Crippen molar-refractivity contribution in [1.82, 2.24) is 0 Å². The number of aromatic hydroxyl groups is 1. The average Bonchev–Trinajstić information content (AvgIpc) is 2.07. The summed E-state index contributed by atoms with van der Waals surface area (Å²) in [4.78, 5) is 0. The Morgan fingerprint density at radius 1 is 1.54 bits per heavy atom. The van der Waals surface area contributed by atoms with Crippen LogP contribution in [-0.2, 0) is 6.42 Å². The van der Waals surface area contributed by atoms with Crippen LogP contribution in [0.1, 0.15) is 18.9 Å². The number of hydrogen-bond acceptors (Lipinski definition) is 2. The molecule has 3 heteroatoms. The van der Waals surface area contributed by atoms with E-state index in [0.717, 1.165) is 18.4 Å². The van der Waals surface area contributed by atoms with E-state index < -0.39 is 5.82 Å². The molecule has 0 aliphatic carbocycles. The molecular weight excluding hydrogens is 169 g/mol. The van der Waals surface area contributed by atoms with Gasteiger partial charge in [-0.2, -0.15) is 0 Å². The van der Waals surface area contributed by atoms with Crippen molar-refractivity contribution in [3.63, 3.8) is 0 Å². The lowest BCUT2D eigenvalue weighted by molar-refractivity contribution is 0.431. The fourth-order valence-corrected chi connectivity index (χ4v) is 1.11. The van der Waals surface area contributed by atoms with E-state index in [2.05, 4.69) is 0 Å². The van der Waals surface area contributed by atoms with E-state index in [-0.39, 0.29) is 11.8 Å². The van der Waals surface area contributed by atoms with Crippen molar-refractivity contribution in [1.29, 1.82) is 0 Å². The second-order valence-corrected chi connectivity index (χ2v) is 3.30. The third-order valence-electron chi connectivity index (χ3n) is 1.90. The SMILES string of the molecule is C[C@H](N)CCc1ccc(F)c(O)c1. The number of halogens is 1. The van der Waals surface area contributed by atoms with Gasteiger partial charge in [0.25, 0.3) is 0 Å². The fourth-order valence-electron chi connectivity index (χ4n) is 1.11. The van der Waals surface area contributed by atoms with Crippen LogP contribution in [0.25, 0.3) is 0 Å². The van der Waals surface area contributed by atoms with Crippen LogP contribution < -0.4 is 5.73 Å². The predicted octanol–water partition coefficient (Wildman–Crippen LogP) is 1.81. The lowest BCUT2D eigenvalue weighted by Crippen LogP contribution is -2.15. The Labute approximate surface area is 77.2 Å². The Balaban J connectivity index is 2.63. The lowest BCUT2D eigenvalue weighted by atomic mass is 10.1. The maximum Gasteiger partial charge on any atom is 0.164 e. The first-order valence-corrected chi connectivity index (χ1v) is 4.32. The molecule has 1 atom stereocenters. The summed E-state index contributed by atoms with van der Waals surface area (Å²) in [6.45, 7) is 1.92. The molecule has 0 radical (unpaired) electrons. The number of nitrogens with two attached hydrogens (primary N) is 1. The molecule has 1 aromatic rings. The van der Waals surface area contributed by atoms with E-state index in [1.54, 1.807) is 6.07 Å². The zero-order valence-corrected chi connectivity index (χ0v) is 7.63. The molecule has 0 heterocycles. The summed E-state index contributed by atoms with van der Waals surface area (Å²) in [6.07, 6.45) is 1.61. The number of rotatable bonds is 3. The van der Waals surface area contributed by atoms with Crippen LogP contribution >= 0.6 is 0 Å². The van der Waals surface area contributed by atoms with Gasteiger partial charge < -0.3 is 10.8 Å². The standard InChI is InChI=1S/C10H14FNO/c1-7(12)2-3-8-4-5-9(11)10(13)6-8/h4-7,13H,2-3,12H2,1H3/t7-/m0/s1. The first kappa shape index (κ1) is 9.99. The van der Waals surface area contributed by atoms with Gasteiger partial charge in [-0.1, -0.05) is 6.07 Å². The van der Waals surface area contributed by atoms with Crippen LogP contribution in [0.5, 0.6) is 5.75 Å². The lowest BCUT2D eigenvalue weighted by Gasteiger charge is -2.05. The summed E-state index contributed by atoms with van der Waals surface area (Å²) in [7, 11) is 0. The largest absolute Gasteiger partial charge is 0.505 e. The number of hydrogen-bond donors (Lipinski definition) is 2. The van der Waals surface area contributed by atoms with Gasteiger partial charge in [0, 0.05) is 6.04 Å². The third-order valence-corrected chi connectivity index (χ3v) is 1.90. The maximum atomic E-state index is 12.6. The minimum Gasteiger partial charge on any atom is -0.505 e. The molecule has 0 fully saturated rings. The zero-order chi connectivity index (χ0) is 9.84. The van der Waals surface area contributed by atoms with E-state index in [1.165, 1.54) is 12.1 Å². The van der Waals surface area contributed by atoms with E-state index in [9.17, 15) is 4.39 Å². The second-order valence-electron chi connectivity index (χ2n) is 3.30. The highest BCUT2D eigenvalue weighted by Gasteiger charge is 2.02. The topological polar surface area (TPSA) is 46.2 Å². The first-order valence-electron chi connectivity index (χ1n) is 4.32. The molecule has 2 nitrogen and oxygen atoms in total. The highest BCUT2D eigenvalue weighted by molar-refractivity contribution is 5.29. The van der Waals surface area contributed by atoms with Crippen LogP contribution in [0.15, 0.2) is 18.2 Å². The molecule has 13 heavy (non-hydrogen) atoms. The summed E-state index contributed by atoms with van der Waals surface area (Å²) < 4.78 is 12.6. The minimum absolute atomic E-state index is 0.132. The van der Waals surface area contributed by atoms with Crippen molar-refractivity contribution >= 4 is 0 Å². The van der Waals surface area contributed by atoms with Crippen molar-refractivity contribution in [2.75, 3.05) is 0 Å². The van der Waals surface area contributed by atoms with Crippen molar-refractivity contribution in [2.45, 2.75) is 25.8 Å². The van der Waals surface area contributed by atoms with Gasteiger partial charge >= 0.3 is 0 Å². The van der Waals surface area contributed by atoms with E-state index in [1.807, 2.05) is 6.92 Å². The highest BCUT2D eigenvalue weighted by Crippen LogP contribution is 2.17. The van der Waals surface area contributed by atoms with Gasteiger partial charge in [-0.3, -0.25) is 0 Å². The number of benzene rings is 1. The van der Waals surface area contributed by atoms with E-state index in [0.29, 0.717) is 0 Å². The molecule has 72 valence electrons. The first-order chi connectivity index (χ1) is 6.09. The maximum absolute atomic E-state index is 12.6. The molecule has 0 amide bonds.